The van der Waals surface area contributed by atoms with Crippen LogP contribution in [0.1, 0.15) is 32.3 Å². The van der Waals surface area contributed by atoms with E-state index in [2.05, 4.69) is 29.1 Å². The van der Waals surface area contributed by atoms with Gasteiger partial charge in [0, 0.05) is 29.6 Å². The molecule has 1 atom stereocenters. The Labute approximate surface area is 156 Å². The molecule has 1 fully saturated rings. The first-order chi connectivity index (χ1) is 13.0. The van der Waals surface area contributed by atoms with Gasteiger partial charge in [0.2, 0.25) is 11.8 Å². The summed E-state index contributed by atoms with van der Waals surface area (Å²) in [7, 11) is 0. The molecule has 140 valence electrons. The third-order valence-electron chi connectivity index (χ3n) is 4.97. The van der Waals surface area contributed by atoms with Gasteiger partial charge >= 0.3 is 0 Å². The molecule has 1 aromatic carbocycles. The first kappa shape index (κ1) is 17.5. The highest BCUT2D eigenvalue weighted by atomic mass is 16.5. The van der Waals surface area contributed by atoms with Gasteiger partial charge in [-0.1, -0.05) is 13.8 Å². The number of hydrogen-bond acceptors (Lipinski definition) is 4. The maximum absolute atomic E-state index is 12.3. The van der Waals surface area contributed by atoms with Crippen LogP contribution >= 0.6 is 0 Å². The number of benzene rings is 1. The van der Waals surface area contributed by atoms with E-state index in [0.717, 1.165) is 34.6 Å². The maximum atomic E-state index is 12.3. The number of fused-ring (bicyclic) bond motifs is 2. The molecule has 1 saturated heterocycles. The number of aromatic amines is 1. The van der Waals surface area contributed by atoms with Gasteiger partial charge in [0.25, 0.3) is 5.56 Å². The number of amides is 1. The Morgan fingerprint density at radius 2 is 2.07 bits per heavy atom. The Morgan fingerprint density at radius 1 is 1.22 bits per heavy atom. The van der Waals surface area contributed by atoms with Crippen molar-refractivity contribution in [2.75, 3.05) is 6.61 Å². The van der Waals surface area contributed by atoms with Gasteiger partial charge in [-0.2, -0.15) is 0 Å². The van der Waals surface area contributed by atoms with E-state index in [9.17, 15) is 9.59 Å². The lowest BCUT2D eigenvalue weighted by Crippen LogP contribution is -2.31. The quantitative estimate of drug-likeness (QED) is 0.681. The van der Waals surface area contributed by atoms with Crippen LogP contribution in [-0.2, 0) is 11.2 Å². The number of carbonyl (C=O) groups is 1. The first-order valence-electron chi connectivity index (χ1n) is 9.36. The molecule has 0 unspecified atom stereocenters. The van der Waals surface area contributed by atoms with E-state index in [1.807, 2.05) is 24.4 Å². The van der Waals surface area contributed by atoms with Gasteiger partial charge in [-0.15, -0.1) is 0 Å². The highest BCUT2D eigenvalue weighted by molar-refractivity contribution is 6.01. The smallest absolute Gasteiger partial charge is 0.255 e. The van der Waals surface area contributed by atoms with Crippen molar-refractivity contribution in [2.24, 2.45) is 5.92 Å². The number of ether oxygens (including phenoxy) is 1. The number of nitrogens with one attached hydrogen (secondary N) is 2. The number of pyridine rings is 2. The number of nitrogens with zero attached hydrogens (tertiary/aromatic N) is 1. The highest BCUT2D eigenvalue weighted by Gasteiger charge is 2.21. The fraction of sp³-hybridized carbons (Fsp3) is 0.381. The van der Waals surface area contributed by atoms with Crippen LogP contribution in [0.15, 0.2) is 35.4 Å². The molecule has 0 spiro atoms. The van der Waals surface area contributed by atoms with Crippen LogP contribution in [-0.4, -0.2) is 28.5 Å². The summed E-state index contributed by atoms with van der Waals surface area (Å²) >= 11 is 0. The third-order valence-corrected chi connectivity index (χ3v) is 4.97. The zero-order valence-electron chi connectivity index (χ0n) is 15.5. The fourth-order valence-corrected chi connectivity index (χ4v) is 3.66. The average molecular weight is 365 g/mol. The Bertz CT molecular complexity index is 1070. The lowest BCUT2D eigenvalue weighted by Gasteiger charge is -2.14. The van der Waals surface area contributed by atoms with Gasteiger partial charge < -0.3 is 15.0 Å². The summed E-state index contributed by atoms with van der Waals surface area (Å²) in [5.41, 5.74) is 1.02. The van der Waals surface area contributed by atoms with Gasteiger partial charge in [0.05, 0.1) is 6.04 Å². The minimum absolute atomic E-state index is 0.0226. The van der Waals surface area contributed by atoms with Gasteiger partial charge in [0.1, 0.15) is 6.61 Å². The molecule has 6 nitrogen and oxygen atoms in total. The minimum Gasteiger partial charge on any atom is -0.475 e. The SMILES string of the molecule is CC(C)Cc1c[nH]c(=O)c2cc3ccnc(OC[C@@H]4CCC(=O)N4)c3cc12. The van der Waals surface area contributed by atoms with Crippen molar-refractivity contribution < 1.29 is 9.53 Å². The summed E-state index contributed by atoms with van der Waals surface area (Å²) in [5, 5.41) is 6.31. The molecule has 0 aliphatic carbocycles. The zero-order valence-corrected chi connectivity index (χ0v) is 15.5. The topological polar surface area (TPSA) is 84.1 Å². The van der Waals surface area contributed by atoms with Gasteiger partial charge in [-0.05, 0) is 53.3 Å². The van der Waals surface area contributed by atoms with Crippen LogP contribution in [0.5, 0.6) is 5.88 Å². The van der Waals surface area contributed by atoms with E-state index < -0.39 is 0 Å². The highest BCUT2D eigenvalue weighted by Crippen LogP contribution is 2.29. The second kappa shape index (κ2) is 7.02. The van der Waals surface area contributed by atoms with Crippen molar-refractivity contribution in [3.05, 3.63) is 46.5 Å². The molecule has 1 aliphatic rings. The van der Waals surface area contributed by atoms with Crippen molar-refractivity contribution >= 4 is 27.5 Å². The molecule has 6 heteroatoms. The molecule has 2 aromatic heterocycles. The fourth-order valence-electron chi connectivity index (χ4n) is 3.66. The van der Waals surface area contributed by atoms with Gasteiger partial charge in [-0.25, -0.2) is 4.98 Å². The molecule has 27 heavy (non-hydrogen) atoms. The molecule has 4 rings (SSSR count). The predicted octanol–water partition coefficient (Wildman–Crippen LogP) is 2.93. The summed E-state index contributed by atoms with van der Waals surface area (Å²) in [6, 6.07) is 5.81. The molecule has 0 bridgehead atoms. The lowest BCUT2D eigenvalue weighted by atomic mass is 9.97. The average Bonchev–Trinajstić information content (AvgIpc) is 3.06. The van der Waals surface area contributed by atoms with Gasteiger partial charge in [0.15, 0.2) is 0 Å². The molecular weight excluding hydrogens is 342 g/mol. The second-order valence-electron chi connectivity index (χ2n) is 7.59. The number of aromatic nitrogens is 2. The largest absolute Gasteiger partial charge is 0.475 e. The molecule has 1 amide bonds. The van der Waals surface area contributed by atoms with E-state index in [0.29, 0.717) is 30.2 Å². The Morgan fingerprint density at radius 3 is 2.81 bits per heavy atom. The van der Waals surface area contributed by atoms with Crippen molar-refractivity contribution in [1.29, 1.82) is 0 Å². The predicted molar refractivity (Wildman–Crippen MR) is 105 cm³/mol. The Balaban J connectivity index is 1.76. The molecular formula is C21H23N3O3. The number of hydrogen-bond donors (Lipinski definition) is 2. The van der Waals surface area contributed by atoms with Crippen LogP contribution in [0.2, 0.25) is 0 Å². The summed E-state index contributed by atoms with van der Waals surface area (Å²) in [5.74, 6) is 1.08. The van der Waals surface area contributed by atoms with Crippen LogP contribution in [0.4, 0.5) is 0 Å². The Hall–Kier alpha value is -2.89. The summed E-state index contributed by atoms with van der Waals surface area (Å²) in [6.07, 6.45) is 5.69. The van der Waals surface area contributed by atoms with Crippen molar-refractivity contribution in [3.8, 4) is 5.88 Å². The van der Waals surface area contributed by atoms with Gasteiger partial charge in [-0.3, -0.25) is 9.59 Å². The number of rotatable bonds is 5. The third kappa shape index (κ3) is 3.52. The van der Waals surface area contributed by atoms with E-state index >= 15 is 0 Å². The first-order valence-corrected chi connectivity index (χ1v) is 9.36. The normalized spacial score (nSPS) is 17.0. The molecule has 3 aromatic rings. The monoisotopic (exact) mass is 365 g/mol. The molecule has 0 radical (unpaired) electrons. The molecule has 1 aliphatic heterocycles. The van der Waals surface area contributed by atoms with E-state index in [1.54, 1.807) is 6.20 Å². The second-order valence-corrected chi connectivity index (χ2v) is 7.59. The van der Waals surface area contributed by atoms with Crippen LogP contribution in [0.25, 0.3) is 21.5 Å². The minimum atomic E-state index is -0.0904. The number of H-pyrrole nitrogens is 1. The van der Waals surface area contributed by atoms with Crippen molar-refractivity contribution in [1.82, 2.24) is 15.3 Å². The standard InChI is InChI=1S/C21H23N3O3/c1-12(2)7-14-10-23-20(26)18-8-13-5-6-22-21(17(13)9-16(14)18)27-11-15-3-4-19(25)24-15/h5-6,8-10,12,15H,3-4,7,11H2,1-2H3,(H,23,26)(H,24,25)/t15-/m0/s1. The van der Waals surface area contributed by atoms with E-state index in [-0.39, 0.29) is 17.5 Å². The molecule has 0 saturated carbocycles. The number of carbonyl (C=O) groups excluding carboxylic acids is 1. The molecule has 3 heterocycles. The van der Waals surface area contributed by atoms with Crippen LogP contribution < -0.4 is 15.6 Å². The van der Waals surface area contributed by atoms with Crippen LogP contribution in [0, 0.1) is 5.92 Å². The van der Waals surface area contributed by atoms with E-state index in [4.69, 9.17) is 4.74 Å². The van der Waals surface area contributed by atoms with Crippen molar-refractivity contribution in [3.63, 3.8) is 0 Å². The maximum Gasteiger partial charge on any atom is 0.255 e. The van der Waals surface area contributed by atoms with E-state index in [1.165, 1.54) is 0 Å². The summed E-state index contributed by atoms with van der Waals surface area (Å²) in [6.45, 7) is 4.71. The Kier molecular flexibility index (Phi) is 4.56. The lowest BCUT2D eigenvalue weighted by molar-refractivity contribution is -0.119. The van der Waals surface area contributed by atoms with Crippen LogP contribution in [0.3, 0.4) is 0 Å². The van der Waals surface area contributed by atoms with Crippen molar-refractivity contribution in [2.45, 2.75) is 39.2 Å². The zero-order chi connectivity index (χ0) is 19.0. The summed E-state index contributed by atoms with van der Waals surface area (Å²) in [4.78, 5) is 30.9. The molecule has 2 N–H and O–H groups in total. The summed E-state index contributed by atoms with van der Waals surface area (Å²) < 4.78 is 5.94.